The van der Waals surface area contributed by atoms with Gasteiger partial charge in [0.25, 0.3) is 0 Å². The smallest absolute Gasteiger partial charge is 0.308 e. The Morgan fingerprint density at radius 2 is 1.48 bits per heavy atom. The molecule has 0 aromatic carbocycles. The summed E-state index contributed by atoms with van der Waals surface area (Å²) >= 11 is 0. The Morgan fingerprint density at radius 1 is 0.905 bits per heavy atom. The van der Waals surface area contributed by atoms with Crippen LogP contribution < -0.4 is 0 Å². The van der Waals surface area contributed by atoms with E-state index in [4.69, 9.17) is 9.47 Å². The maximum Gasteiger partial charge on any atom is 0.308 e. The van der Waals surface area contributed by atoms with E-state index < -0.39 is 0 Å². The van der Waals surface area contributed by atoms with Crippen molar-refractivity contribution in [3.8, 4) is 0 Å². The maximum absolute atomic E-state index is 12.1. The van der Waals surface area contributed by atoms with Crippen LogP contribution in [-0.4, -0.2) is 25.2 Å². The average molecular weight is 300 g/mol. The van der Waals surface area contributed by atoms with Gasteiger partial charge >= 0.3 is 11.9 Å². The minimum Gasteiger partial charge on any atom is -0.465 e. The fraction of sp³-hybridized carbons (Fsp3) is 0.882. The topological polar surface area (TPSA) is 52.6 Å². The third kappa shape index (κ3) is 11.3. The lowest BCUT2D eigenvalue weighted by molar-refractivity contribution is -0.151. The molecule has 0 aliphatic rings. The number of rotatable bonds is 11. The summed E-state index contributed by atoms with van der Waals surface area (Å²) in [6, 6.07) is 0. The second-order valence-electron chi connectivity index (χ2n) is 6.48. The molecule has 0 fully saturated rings. The fourth-order valence-corrected chi connectivity index (χ4v) is 1.82. The first kappa shape index (κ1) is 19.9. The molecule has 0 N–H and O–H groups in total. The summed E-state index contributed by atoms with van der Waals surface area (Å²) in [5.74, 6) is 0.0867. The van der Waals surface area contributed by atoms with E-state index in [-0.39, 0.29) is 24.3 Å². The van der Waals surface area contributed by atoms with Crippen molar-refractivity contribution in [2.45, 2.75) is 66.7 Å². The zero-order valence-corrected chi connectivity index (χ0v) is 14.3. The van der Waals surface area contributed by atoms with Gasteiger partial charge in [0.2, 0.25) is 0 Å². The summed E-state index contributed by atoms with van der Waals surface area (Å²) < 4.78 is 10.4. The summed E-state index contributed by atoms with van der Waals surface area (Å²) in [5.41, 5.74) is 0. The molecule has 1 unspecified atom stereocenters. The Bertz CT molecular complexity index is 297. The van der Waals surface area contributed by atoms with Crippen LogP contribution in [0.1, 0.15) is 66.7 Å². The largest absolute Gasteiger partial charge is 0.465 e. The van der Waals surface area contributed by atoms with Crippen LogP contribution in [0, 0.1) is 17.8 Å². The fourth-order valence-electron chi connectivity index (χ4n) is 1.82. The van der Waals surface area contributed by atoms with Gasteiger partial charge < -0.3 is 9.47 Å². The quantitative estimate of drug-likeness (QED) is 0.542. The van der Waals surface area contributed by atoms with E-state index in [1.807, 2.05) is 27.7 Å². The number of carbonyl (C=O) groups excluding carboxylic acids is 2. The molecule has 0 aliphatic carbocycles. The molecule has 0 spiro atoms. The summed E-state index contributed by atoms with van der Waals surface area (Å²) in [4.78, 5) is 23.7. The van der Waals surface area contributed by atoms with Crippen molar-refractivity contribution in [1.82, 2.24) is 0 Å². The highest BCUT2D eigenvalue weighted by molar-refractivity contribution is 5.74. The molecule has 0 saturated carbocycles. The van der Waals surface area contributed by atoms with E-state index in [0.717, 1.165) is 19.3 Å². The molecular formula is C17H32O4. The van der Waals surface area contributed by atoms with Gasteiger partial charge in [0.15, 0.2) is 0 Å². The molecule has 0 amide bonds. The maximum atomic E-state index is 12.1. The van der Waals surface area contributed by atoms with E-state index in [0.29, 0.717) is 31.5 Å². The number of esters is 2. The summed E-state index contributed by atoms with van der Waals surface area (Å²) in [6.07, 6.45) is 3.60. The second kappa shape index (κ2) is 11.6. The molecule has 0 aromatic rings. The van der Waals surface area contributed by atoms with Gasteiger partial charge in [-0.2, -0.15) is 0 Å². The predicted molar refractivity (Wildman–Crippen MR) is 83.8 cm³/mol. The standard InChI is InChI=1S/C17H32O4/c1-6-7-8-15(17(19)21-12-14(4)5)9-10-16(18)20-11-13(2)3/h13-15H,6-12H2,1-5H3. The third-order valence-corrected chi connectivity index (χ3v) is 3.07. The van der Waals surface area contributed by atoms with Crippen LogP contribution in [0.4, 0.5) is 0 Å². The molecule has 4 nitrogen and oxygen atoms in total. The summed E-state index contributed by atoms with van der Waals surface area (Å²) in [5, 5.41) is 0. The highest BCUT2D eigenvalue weighted by Gasteiger charge is 2.21. The van der Waals surface area contributed by atoms with E-state index in [2.05, 4.69) is 6.92 Å². The van der Waals surface area contributed by atoms with Crippen LogP contribution in [-0.2, 0) is 19.1 Å². The highest BCUT2D eigenvalue weighted by atomic mass is 16.5. The molecule has 124 valence electrons. The van der Waals surface area contributed by atoms with Gasteiger partial charge in [0.1, 0.15) is 0 Å². The molecular weight excluding hydrogens is 268 g/mol. The van der Waals surface area contributed by atoms with Crippen LogP contribution in [0.5, 0.6) is 0 Å². The van der Waals surface area contributed by atoms with Crippen LogP contribution in [0.15, 0.2) is 0 Å². The summed E-state index contributed by atoms with van der Waals surface area (Å²) in [7, 11) is 0. The number of hydrogen-bond acceptors (Lipinski definition) is 4. The van der Waals surface area contributed by atoms with Gasteiger partial charge in [-0.25, -0.2) is 0 Å². The van der Waals surface area contributed by atoms with E-state index >= 15 is 0 Å². The molecule has 4 heteroatoms. The van der Waals surface area contributed by atoms with Gasteiger partial charge in [-0.15, -0.1) is 0 Å². The zero-order chi connectivity index (χ0) is 16.3. The van der Waals surface area contributed by atoms with Crippen LogP contribution in [0.3, 0.4) is 0 Å². The number of unbranched alkanes of at least 4 members (excludes halogenated alkanes) is 1. The van der Waals surface area contributed by atoms with Crippen LogP contribution in [0.25, 0.3) is 0 Å². The molecule has 0 rings (SSSR count). The Balaban J connectivity index is 4.21. The first-order valence-corrected chi connectivity index (χ1v) is 8.19. The van der Waals surface area contributed by atoms with Gasteiger partial charge in [0, 0.05) is 6.42 Å². The number of carbonyl (C=O) groups is 2. The van der Waals surface area contributed by atoms with Crippen molar-refractivity contribution in [2.75, 3.05) is 13.2 Å². The molecule has 0 heterocycles. The first-order chi connectivity index (χ1) is 9.86. The van der Waals surface area contributed by atoms with Crippen LogP contribution in [0.2, 0.25) is 0 Å². The normalized spacial score (nSPS) is 12.5. The number of hydrogen-bond donors (Lipinski definition) is 0. The van der Waals surface area contributed by atoms with Crippen molar-refractivity contribution >= 4 is 11.9 Å². The Morgan fingerprint density at radius 3 is 2.00 bits per heavy atom. The lowest BCUT2D eigenvalue weighted by Gasteiger charge is -2.16. The second-order valence-corrected chi connectivity index (χ2v) is 6.48. The minimum atomic E-state index is -0.221. The molecule has 0 bridgehead atoms. The lowest BCUT2D eigenvalue weighted by Crippen LogP contribution is -2.21. The highest BCUT2D eigenvalue weighted by Crippen LogP contribution is 2.18. The Hall–Kier alpha value is -1.06. The molecule has 21 heavy (non-hydrogen) atoms. The predicted octanol–water partition coefficient (Wildman–Crippen LogP) is 3.97. The van der Waals surface area contributed by atoms with Crippen molar-refractivity contribution in [3.05, 3.63) is 0 Å². The Labute approximate surface area is 129 Å². The average Bonchev–Trinajstić information content (AvgIpc) is 2.42. The van der Waals surface area contributed by atoms with E-state index in [9.17, 15) is 9.59 Å². The molecule has 0 aliphatic heterocycles. The first-order valence-electron chi connectivity index (χ1n) is 8.19. The van der Waals surface area contributed by atoms with E-state index in [1.165, 1.54) is 0 Å². The van der Waals surface area contributed by atoms with E-state index in [1.54, 1.807) is 0 Å². The van der Waals surface area contributed by atoms with Gasteiger partial charge in [-0.1, -0.05) is 47.5 Å². The Kier molecular flexibility index (Phi) is 11.0. The third-order valence-electron chi connectivity index (χ3n) is 3.07. The molecule has 1 atom stereocenters. The number of ether oxygens (including phenoxy) is 2. The van der Waals surface area contributed by atoms with Crippen LogP contribution >= 0.6 is 0 Å². The molecule has 0 radical (unpaired) electrons. The van der Waals surface area contributed by atoms with Crippen molar-refractivity contribution in [1.29, 1.82) is 0 Å². The lowest BCUT2D eigenvalue weighted by atomic mass is 9.97. The van der Waals surface area contributed by atoms with Gasteiger partial charge in [-0.3, -0.25) is 9.59 Å². The zero-order valence-electron chi connectivity index (χ0n) is 14.3. The van der Waals surface area contributed by atoms with Gasteiger partial charge in [0.05, 0.1) is 19.1 Å². The minimum absolute atomic E-state index is 0.172. The van der Waals surface area contributed by atoms with Crippen molar-refractivity contribution in [2.24, 2.45) is 17.8 Å². The molecule has 0 aromatic heterocycles. The molecule has 0 saturated heterocycles. The SMILES string of the molecule is CCCCC(CCC(=O)OCC(C)C)C(=O)OCC(C)C. The monoisotopic (exact) mass is 300 g/mol. The van der Waals surface area contributed by atoms with Crippen molar-refractivity contribution < 1.29 is 19.1 Å². The van der Waals surface area contributed by atoms with Gasteiger partial charge in [-0.05, 0) is 24.7 Å². The summed E-state index contributed by atoms with van der Waals surface area (Å²) in [6.45, 7) is 11.0. The van der Waals surface area contributed by atoms with Crippen molar-refractivity contribution in [3.63, 3.8) is 0 Å².